The van der Waals surface area contributed by atoms with Gasteiger partial charge in [0, 0.05) is 45.1 Å². The van der Waals surface area contributed by atoms with E-state index in [0.29, 0.717) is 11.3 Å². The molecule has 4 heterocycles. The van der Waals surface area contributed by atoms with Crippen molar-refractivity contribution in [2.24, 2.45) is 7.05 Å². The predicted octanol–water partition coefficient (Wildman–Crippen LogP) is 1.67. The number of likely N-dealkylation sites (tertiary alicyclic amines) is 1. The second-order valence-electron chi connectivity index (χ2n) is 7.57. The van der Waals surface area contributed by atoms with E-state index in [1.54, 1.807) is 14.0 Å². The Hall–Kier alpha value is -3.00. The average Bonchev–Trinajstić information content (AvgIpc) is 3.08. The van der Waals surface area contributed by atoms with Crippen LogP contribution in [0.25, 0.3) is 11.1 Å². The van der Waals surface area contributed by atoms with Crippen LogP contribution in [0.5, 0.6) is 0 Å². The largest absolute Gasteiger partial charge is 0.442 e. The first kappa shape index (κ1) is 19.3. The van der Waals surface area contributed by atoms with Gasteiger partial charge in [-0.1, -0.05) is 0 Å². The summed E-state index contributed by atoms with van der Waals surface area (Å²) in [6, 6.07) is 4.18. The summed E-state index contributed by atoms with van der Waals surface area (Å²) in [4.78, 5) is 35.9. The fraction of sp³-hybridized carbons (Fsp3) is 0.429. The quantitative estimate of drug-likeness (QED) is 0.706. The number of aromatic nitrogens is 3. The summed E-state index contributed by atoms with van der Waals surface area (Å²) in [7, 11) is 1.61. The molecule has 0 radical (unpaired) electrons. The maximum absolute atomic E-state index is 12.9. The van der Waals surface area contributed by atoms with E-state index in [0.717, 1.165) is 38.9 Å². The van der Waals surface area contributed by atoms with Crippen LogP contribution in [0.15, 0.2) is 40.1 Å². The van der Waals surface area contributed by atoms with Crippen molar-refractivity contribution in [2.75, 3.05) is 19.6 Å². The Labute approximate surface area is 168 Å². The van der Waals surface area contributed by atoms with Crippen molar-refractivity contribution in [3.63, 3.8) is 0 Å². The molecule has 1 aliphatic rings. The highest BCUT2D eigenvalue weighted by Gasteiger charge is 2.26. The van der Waals surface area contributed by atoms with Gasteiger partial charge in [-0.15, -0.1) is 0 Å². The molecule has 1 aliphatic heterocycles. The van der Waals surface area contributed by atoms with E-state index in [1.807, 2.05) is 24.5 Å². The zero-order valence-electron chi connectivity index (χ0n) is 16.7. The minimum absolute atomic E-state index is 0.0875. The van der Waals surface area contributed by atoms with Crippen LogP contribution in [0.3, 0.4) is 0 Å². The molecule has 4 rings (SSSR count). The van der Waals surface area contributed by atoms with Crippen LogP contribution >= 0.6 is 0 Å². The number of hydrogen-bond donors (Lipinski definition) is 1. The summed E-state index contributed by atoms with van der Waals surface area (Å²) in [5, 5.41) is 3.34. The molecule has 0 aromatic carbocycles. The standard InChI is InChI=1S/C21H25N5O3/c1-14-17(18-20(29-14)23-13-25(2)21(18)28)19(27)24-16-6-11-26(12-7-16)10-5-15-3-8-22-9-4-15/h3-4,8-9,13,16H,5-7,10-12H2,1-2H3,(H,24,27). The number of carbonyl (C=O) groups is 1. The van der Waals surface area contributed by atoms with Crippen molar-refractivity contribution in [3.05, 3.63) is 58.1 Å². The number of fused-ring (bicyclic) bond motifs is 1. The van der Waals surface area contributed by atoms with Crippen molar-refractivity contribution < 1.29 is 9.21 Å². The van der Waals surface area contributed by atoms with Gasteiger partial charge >= 0.3 is 0 Å². The molecule has 8 heteroatoms. The van der Waals surface area contributed by atoms with Gasteiger partial charge in [-0.2, -0.15) is 0 Å². The summed E-state index contributed by atoms with van der Waals surface area (Å²) in [5.74, 6) is 0.157. The molecule has 1 saturated heterocycles. The lowest BCUT2D eigenvalue weighted by Crippen LogP contribution is -2.45. The van der Waals surface area contributed by atoms with Crippen molar-refractivity contribution >= 4 is 17.0 Å². The highest BCUT2D eigenvalue weighted by atomic mass is 16.3. The third-order valence-electron chi connectivity index (χ3n) is 5.56. The lowest BCUT2D eigenvalue weighted by atomic mass is 10.0. The van der Waals surface area contributed by atoms with Gasteiger partial charge in [-0.05, 0) is 43.9 Å². The molecule has 0 saturated carbocycles. The minimum Gasteiger partial charge on any atom is -0.442 e. The van der Waals surface area contributed by atoms with E-state index in [9.17, 15) is 9.59 Å². The molecule has 0 bridgehead atoms. The number of aryl methyl sites for hydroxylation is 2. The number of furan rings is 1. The zero-order chi connectivity index (χ0) is 20.4. The molecule has 0 unspecified atom stereocenters. The number of amides is 1. The van der Waals surface area contributed by atoms with E-state index in [4.69, 9.17) is 4.42 Å². The third kappa shape index (κ3) is 4.07. The second-order valence-corrected chi connectivity index (χ2v) is 7.57. The van der Waals surface area contributed by atoms with Gasteiger partial charge in [0.25, 0.3) is 11.5 Å². The summed E-state index contributed by atoms with van der Waals surface area (Å²) >= 11 is 0. The van der Waals surface area contributed by atoms with Gasteiger partial charge in [-0.3, -0.25) is 14.6 Å². The first-order chi connectivity index (χ1) is 14.0. The number of hydrogen-bond acceptors (Lipinski definition) is 6. The summed E-state index contributed by atoms with van der Waals surface area (Å²) < 4.78 is 6.89. The molecule has 1 N–H and O–H groups in total. The highest BCUT2D eigenvalue weighted by molar-refractivity contribution is 6.06. The van der Waals surface area contributed by atoms with Crippen molar-refractivity contribution in [3.8, 4) is 0 Å². The smallest absolute Gasteiger partial charge is 0.265 e. The molecular formula is C21H25N5O3. The van der Waals surface area contributed by atoms with Gasteiger partial charge in [0.1, 0.15) is 17.5 Å². The number of rotatable bonds is 5. The molecule has 0 spiro atoms. The number of carbonyl (C=O) groups excluding carboxylic acids is 1. The number of nitrogens with one attached hydrogen (secondary N) is 1. The fourth-order valence-electron chi connectivity index (χ4n) is 3.86. The Morgan fingerprint density at radius 1 is 1.28 bits per heavy atom. The third-order valence-corrected chi connectivity index (χ3v) is 5.56. The van der Waals surface area contributed by atoms with Gasteiger partial charge in [0.15, 0.2) is 0 Å². The predicted molar refractivity (Wildman–Crippen MR) is 109 cm³/mol. The second kappa shape index (κ2) is 8.16. The van der Waals surface area contributed by atoms with Crippen LogP contribution in [0.2, 0.25) is 0 Å². The van der Waals surface area contributed by atoms with Gasteiger partial charge in [0.2, 0.25) is 5.71 Å². The molecule has 3 aromatic heterocycles. The van der Waals surface area contributed by atoms with Crippen molar-refractivity contribution in [1.82, 2.24) is 24.8 Å². The highest BCUT2D eigenvalue weighted by Crippen LogP contribution is 2.21. The molecule has 29 heavy (non-hydrogen) atoms. The SMILES string of the molecule is Cc1oc2ncn(C)c(=O)c2c1C(=O)NC1CCN(CCc2ccncc2)CC1. The van der Waals surface area contributed by atoms with Crippen LogP contribution in [0, 0.1) is 6.92 Å². The Balaban J connectivity index is 1.37. The summed E-state index contributed by atoms with van der Waals surface area (Å²) in [6.45, 7) is 4.56. The molecule has 0 aliphatic carbocycles. The van der Waals surface area contributed by atoms with Crippen LogP contribution in [-0.4, -0.2) is 51.0 Å². The van der Waals surface area contributed by atoms with Crippen molar-refractivity contribution in [1.29, 1.82) is 0 Å². The molecule has 1 amide bonds. The fourth-order valence-corrected chi connectivity index (χ4v) is 3.86. The lowest BCUT2D eigenvalue weighted by Gasteiger charge is -2.32. The number of pyridine rings is 1. The Morgan fingerprint density at radius 3 is 2.72 bits per heavy atom. The molecule has 152 valence electrons. The monoisotopic (exact) mass is 395 g/mol. The molecule has 3 aromatic rings. The lowest BCUT2D eigenvalue weighted by molar-refractivity contribution is 0.0911. The van der Waals surface area contributed by atoms with Crippen LogP contribution in [0.4, 0.5) is 0 Å². The number of piperidine rings is 1. The molecular weight excluding hydrogens is 370 g/mol. The molecule has 8 nitrogen and oxygen atoms in total. The van der Waals surface area contributed by atoms with Crippen LogP contribution in [0.1, 0.15) is 34.5 Å². The zero-order valence-corrected chi connectivity index (χ0v) is 16.7. The van der Waals surface area contributed by atoms with E-state index in [2.05, 4.69) is 20.2 Å². The van der Waals surface area contributed by atoms with Gasteiger partial charge in [0.05, 0.1) is 5.56 Å². The first-order valence-corrected chi connectivity index (χ1v) is 9.90. The van der Waals surface area contributed by atoms with E-state index in [1.165, 1.54) is 16.5 Å². The minimum atomic E-state index is -0.275. The van der Waals surface area contributed by atoms with Crippen molar-refractivity contribution in [2.45, 2.75) is 32.2 Å². The normalized spacial score (nSPS) is 15.7. The van der Waals surface area contributed by atoms with Crippen LogP contribution in [-0.2, 0) is 13.5 Å². The maximum atomic E-state index is 12.9. The Morgan fingerprint density at radius 2 is 2.00 bits per heavy atom. The molecule has 0 atom stereocenters. The topological polar surface area (TPSA) is 93.3 Å². The molecule has 1 fully saturated rings. The Bertz CT molecular complexity index is 1070. The average molecular weight is 395 g/mol. The van der Waals surface area contributed by atoms with E-state index >= 15 is 0 Å². The van der Waals surface area contributed by atoms with E-state index < -0.39 is 0 Å². The Kier molecular flexibility index (Phi) is 5.44. The van der Waals surface area contributed by atoms with Crippen LogP contribution < -0.4 is 10.9 Å². The summed E-state index contributed by atoms with van der Waals surface area (Å²) in [5.41, 5.74) is 1.52. The number of nitrogens with zero attached hydrogens (tertiary/aromatic N) is 4. The maximum Gasteiger partial charge on any atom is 0.265 e. The van der Waals surface area contributed by atoms with Gasteiger partial charge < -0.3 is 19.2 Å². The summed E-state index contributed by atoms with van der Waals surface area (Å²) in [6.07, 6.45) is 7.80. The van der Waals surface area contributed by atoms with Gasteiger partial charge in [-0.25, -0.2) is 4.98 Å². The first-order valence-electron chi connectivity index (χ1n) is 9.90. The van der Waals surface area contributed by atoms with E-state index in [-0.39, 0.29) is 28.6 Å².